The molecule has 0 aliphatic heterocycles. The predicted molar refractivity (Wildman–Crippen MR) is 83.1 cm³/mol. The molecule has 0 bridgehead atoms. The third kappa shape index (κ3) is 3.77. The van der Waals surface area contributed by atoms with Crippen molar-refractivity contribution in [3.05, 3.63) is 18.2 Å². The summed E-state index contributed by atoms with van der Waals surface area (Å²) in [5.74, 6) is 0.548. The standard InChI is InChI=1S/C14H21NO4S2/c1-10(11-5-4-6-11)15-13-8-7-12(20(2,16)17)9-14(13)21(3,18)19/h7-11,15H,4-6H2,1-3H3. The molecule has 1 fully saturated rings. The Morgan fingerprint density at radius 1 is 1.10 bits per heavy atom. The summed E-state index contributed by atoms with van der Waals surface area (Å²) >= 11 is 0. The molecule has 1 atom stereocenters. The summed E-state index contributed by atoms with van der Waals surface area (Å²) in [6.45, 7) is 2.03. The van der Waals surface area contributed by atoms with Gasteiger partial charge in [0.1, 0.15) is 0 Å². The molecule has 0 heterocycles. The van der Waals surface area contributed by atoms with E-state index in [0.717, 1.165) is 25.4 Å². The number of nitrogens with one attached hydrogen (secondary N) is 1. The average Bonchev–Trinajstić information content (AvgIpc) is 2.23. The van der Waals surface area contributed by atoms with Gasteiger partial charge in [-0.3, -0.25) is 0 Å². The van der Waals surface area contributed by atoms with Gasteiger partial charge in [0.25, 0.3) is 0 Å². The van der Waals surface area contributed by atoms with Gasteiger partial charge in [0.2, 0.25) is 0 Å². The largest absolute Gasteiger partial charge is 0.381 e. The predicted octanol–water partition coefficient (Wildman–Crippen LogP) is 2.09. The van der Waals surface area contributed by atoms with Crippen LogP contribution in [0.4, 0.5) is 5.69 Å². The molecule has 2 rings (SSSR count). The lowest BCUT2D eigenvalue weighted by Gasteiger charge is -2.33. The number of hydrogen-bond acceptors (Lipinski definition) is 5. The molecule has 1 aliphatic rings. The molecular formula is C14H21NO4S2. The Bertz CT molecular complexity index is 734. The third-order valence-electron chi connectivity index (χ3n) is 4.02. The van der Waals surface area contributed by atoms with Crippen LogP contribution < -0.4 is 5.32 Å². The molecule has 21 heavy (non-hydrogen) atoms. The molecule has 1 aromatic carbocycles. The van der Waals surface area contributed by atoms with E-state index in [4.69, 9.17) is 0 Å². The van der Waals surface area contributed by atoms with Gasteiger partial charge < -0.3 is 5.32 Å². The molecule has 118 valence electrons. The van der Waals surface area contributed by atoms with Crippen LogP contribution in [0.15, 0.2) is 28.0 Å². The first-order chi connectivity index (χ1) is 9.59. The number of hydrogen-bond donors (Lipinski definition) is 1. The molecule has 0 saturated heterocycles. The number of benzene rings is 1. The monoisotopic (exact) mass is 331 g/mol. The lowest BCUT2D eigenvalue weighted by molar-refractivity contribution is 0.285. The normalized spacial score (nSPS) is 18.0. The second-order valence-electron chi connectivity index (χ2n) is 5.83. The van der Waals surface area contributed by atoms with Crippen molar-refractivity contribution in [1.29, 1.82) is 0 Å². The molecule has 1 saturated carbocycles. The van der Waals surface area contributed by atoms with E-state index < -0.39 is 19.7 Å². The Kier molecular flexibility index (Phi) is 4.35. The fourth-order valence-electron chi connectivity index (χ4n) is 2.46. The molecule has 5 nitrogen and oxygen atoms in total. The van der Waals surface area contributed by atoms with E-state index in [2.05, 4.69) is 5.32 Å². The van der Waals surface area contributed by atoms with Crippen LogP contribution in [0, 0.1) is 5.92 Å². The second kappa shape index (κ2) is 5.61. The van der Waals surface area contributed by atoms with Crippen LogP contribution in [0.1, 0.15) is 26.2 Å². The molecule has 1 aliphatic carbocycles. The fourth-order valence-corrected chi connectivity index (χ4v) is 4.05. The lowest BCUT2D eigenvalue weighted by atomic mass is 9.80. The average molecular weight is 331 g/mol. The van der Waals surface area contributed by atoms with Gasteiger partial charge in [-0.05, 0) is 43.9 Å². The van der Waals surface area contributed by atoms with Gasteiger partial charge in [-0.2, -0.15) is 0 Å². The van der Waals surface area contributed by atoms with E-state index in [1.165, 1.54) is 18.6 Å². The fraction of sp³-hybridized carbons (Fsp3) is 0.571. The van der Waals surface area contributed by atoms with Crippen LogP contribution in [-0.4, -0.2) is 35.4 Å². The summed E-state index contributed by atoms with van der Waals surface area (Å²) in [6.07, 6.45) is 5.66. The molecule has 7 heteroatoms. The molecule has 1 aromatic rings. The van der Waals surface area contributed by atoms with Gasteiger partial charge >= 0.3 is 0 Å². The minimum Gasteiger partial charge on any atom is -0.381 e. The molecule has 1 N–H and O–H groups in total. The maximum Gasteiger partial charge on any atom is 0.177 e. The molecule has 0 radical (unpaired) electrons. The van der Waals surface area contributed by atoms with Crippen molar-refractivity contribution in [2.45, 2.75) is 42.0 Å². The van der Waals surface area contributed by atoms with Crippen molar-refractivity contribution in [1.82, 2.24) is 0 Å². The highest BCUT2D eigenvalue weighted by molar-refractivity contribution is 7.91. The highest BCUT2D eigenvalue weighted by Gasteiger charge is 2.25. The van der Waals surface area contributed by atoms with Crippen molar-refractivity contribution in [2.24, 2.45) is 5.92 Å². The quantitative estimate of drug-likeness (QED) is 0.893. The van der Waals surface area contributed by atoms with Crippen molar-refractivity contribution in [3.8, 4) is 0 Å². The Labute approximate surface area is 126 Å². The molecule has 0 amide bonds. The smallest absolute Gasteiger partial charge is 0.177 e. The minimum atomic E-state index is -3.50. The van der Waals surface area contributed by atoms with Gasteiger partial charge in [0, 0.05) is 18.6 Å². The third-order valence-corrected chi connectivity index (χ3v) is 6.27. The highest BCUT2D eigenvalue weighted by atomic mass is 32.2. The minimum absolute atomic E-state index is 0.0183. The first-order valence-corrected chi connectivity index (χ1v) is 10.7. The van der Waals surface area contributed by atoms with E-state index in [0.29, 0.717) is 11.6 Å². The lowest BCUT2D eigenvalue weighted by Crippen LogP contribution is -2.31. The van der Waals surface area contributed by atoms with Crippen molar-refractivity contribution >= 4 is 25.4 Å². The van der Waals surface area contributed by atoms with Gasteiger partial charge in [-0.1, -0.05) is 6.42 Å². The SMILES string of the molecule is CC(Nc1ccc(S(C)(=O)=O)cc1S(C)(=O)=O)C1CCC1. The first kappa shape index (κ1) is 16.3. The summed E-state index contributed by atoms with van der Waals surface area (Å²) < 4.78 is 47.1. The first-order valence-electron chi connectivity index (χ1n) is 6.90. The van der Waals surface area contributed by atoms with Crippen LogP contribution in [0.25, 0.3) is 0 Å². The zero-order valence-electron chi connectivity index (χ0n) is 12.5. The van der Waals surface area contributed by atoms with Crippen LogP contribution in [0.5, 0.6) is 0 Å². The van der Waals surface area contributed by atoms with Crippen LogP contribution in [0.2, 0.25) is 0 Å². The zero-order valence-corrected chi connectivity index (χ0v) is 14.1. The van der Waals surface area contributed by atoms with E-state index in [1.807, 2.05) is 6.92 Å². The Morgan fingerprint density at radius 2 is 1.71 bits per heavy atom. The second-order valence-corrected chi connectivity index (χ2v) is 9.83. The van der Waals surface area contributed by atoms with Gasteiger partial charge in [-0.15, -0.1) is 0 Å². The summed E-state index contributed by atoms with van der Waals surface area (Å²) in [4.78, 5) is 0.0568. The topological polar surface area (TPSA) is 80.3 Å². The summed E-state index contributed by atoms with van der Waals surface area (Å²) in [5.41, 5.74) is 0.476. The van der Waals surface area contributed by atoms with Gasteiger partial charge in [0.05, 0.1) is 15.5 Å². The van der Waals surface area contributed by atoms with Crippen molar-refractivity contribution < 1.29 is 16.8 Å². The van der Waals surface area contributed by atoms with E-state index >= 15 is 0 Å². The Morgan fingerprint density at radius 3 is 2.14 bits per heavy atom. The van der Waals surface area contributed by atoms with Gasteiger partial charge in [-0.25, -0.2) is 16.8 Å². The zero-order chi connectivity index (χ0) is 15.8. The van der Waals surface area contributed by atoms with Crippen LogP contribution in [0.3, 0.4) is 0 Å². The highest BCUT2D eigenvalue weighted by Crippen LogP contribution is 2.33. The van der Waals surface area contributed by atoms with E-state index in [1.54, 1.807) is 6.07 Å². The Hall–Kier alpha value is -1.08. The molecule has 0 aromatic heterocycles. The summed E-state index contributed by atoms with van der Waals surface area (Å²) in [5, 5.41) is 3.22. The molecule has 1 unspecified atom stereocenters. The number of sulfone groups is 2. The number of rotatable bonds is 5. The maximum atomic E-state index is 11.9. The van der Waals surface area contributed by atoms with Crippen molar-refractivity contribution in [3.63, 3.8) is 0 Å². The van der Waals surface area contributed by atoms with Crippen LogP contribution in [-0.2, 0) is 19.7 Å². The maximum absolute atomic E-state index is 11.9. The molecular weight excluding hydrogens is 310 g/mol. The van der Waals surface area contributed by atoms with Crippen molar-refractivity contribution in [2.75, 3.05) is 17.8 Å². The van der Waals surface area contributed by atoms with E-state index in [-0.39, 0.29) is 15.8 Å². The summed E-state index contributed by atoms with van der Waals surface area (Å²) in [7, 11) is -6.94. The number of anilines is 1. The summed E-state index contributed by atoms with van der Waals surface area (Å²) in [6, 6.07) is 4.39. The molecule has 0 spiro atoms. The van der Waals surface area contributed by atoms with Crippen LogP contribution >= 0.6 is 0 Å². The van der Waals surface area contributed by atoms with E-state index in [9.17, 15) is 16.8 Å². The Balaban J connectivity index is 2.40. The van der Waals surface area contributed by atoms with Gasteiger partial charge in [0.15, 0.2) is 19.7 Å².